The smallest absolute Gasteiger partial charge is 0.249 e. The molecule has 0 aliphatic carbocycles. The number of nitrogens with one attached hydrogen (secondary N) is 1. The minimum atomic E-state index is -0.187. The molecule has 0 bridgehead atoms. The molecule has 0 atom stereocenters. The first kappa shape index (κ1) is 16.7. The van der Waals surface area contributed by atoms with Crippen LogP contribution in [0.15, 0.2) is 40.7 Å². The van der Waals surface area contributed by atoms with E-state index in [0.29, 0.717) is 11.8 Å². The fourth-order valence-electron chi connectivity index (χ4n) is 2.10. The monoisotopic (exact) mass is 359 g/mol. The van der Waals surface area contributed by atoms with E-state index in [0.717, 1.165) is 34.3 Å². The van der Waals surface area contributed by atoms with Gasteiger partial charge in [-0.25, -0.2) is 4.98 Å². The number of nitrogens with zero attached hydrogens (tertiary/aromatic N) is 2. The van der Waals surface area contributed by atoms with Gasteiger partial charge in [-0.15, -0.1) is 11.3 Å². The molecule has 3 rings (SSSR count). The van der Waals surface area contributed by atoms with Crippen molar-refractivity contribution in [1.29, 1.82) is 0 Å². The Labute approximate surface area is 148 Å². The molecule has 1 aliphatic heterocycles. The number of rotatable bonds is 5. The van der Waals surface area contributed by atoms with Crippen LogP contribution in [0.5, 0.6) is 5.75 Å². The fourth-order valence-corrected chi connectivity index (χ4v) is 3.43. The average molecular weight is 359 g/mol. The maximum Gasteiger partial charge on any atom is 0.249 e. The standard InChI is InChI=1S/C17H17N3O2S2/c1-12-19-14(11-24-12)10-22-15-5-3-2-4-13(15)6-7-16(21)20-17-18-8-9-23-17/h2-7,11H,8-10H2,1H3,(H,18,20,21)/b7-6+. The Kier molecular flexibility index (Phi) is 5.66. The SMILES string of the molecule is Cc1nc(COc2ccccc2/C=C/C(=O)NC2=NCCS2)cs1. The molecule has 0 saturated heterocycles. The van der Waals surface area contributed by atoms with Crippen LogP contribution in [0.4, 0.5) is 0 Å². The van der Waals surface area contributed by atoms with Gasteiger partial charge in [-0.05, 0) is 19.1 Å². The Hall–Kier alpha value is -2.12. The fraction of sp³-hybridized carbons (Fsp3) is 0.235. The summed E-state index contributed by atoms with van der Waals surface area (Å²) < 4.78 is 5.84. The first-order chi connectivity index (χ1) is 11.7. The first-order valence-corrected chi connectivity index (χ1v) is 9.36. The molecular weight excluding hydrogens is 342 g/mol. The lowest BCUT2D eigenvalue weighted by atomic mass is 10.2. The van der Waals surface area contributed by atoms with E-state index >= 15 is 0 Å². The summed E-state index contributed by atoms with van der Waals surface area (Å²) in [6, 6.07) is 7.61. The Morgan fingerprint density at radius 2 is 2.29 bits per heavy atom. The van der Waals surface area contributed by atoms with E-state index in [1.165, 1.54) is 6.08 Å². The van der Waals surface area contributed by atoms with Crippen LogP contribution >= 0.6 is 23.1 Å². The second kappa shape index (κ2) is 8.12. The highest BCUT2D eigenvalue weighted by Gasteiger charge is 2.09. The maximum absolute atomic E-state index is 11.9. The van der Waals surface area contributed by atoms with Gasteiger partial charge in [0.25, 0.3) is 0 Å². The van der Waals surface area contributed by atoms with Crippen LogP contribution in [0.25, 0.3) is 6.08 Å². The number of thiazole rings is 1. The van der Waals surface area contributed by atoms with Crippen molar-refractivity contribution < 1.29 is 9.53 Å². The van der Waals surface area contributed by atoms with E-state index in [-0.39, 0.29) is 5.91 Å². The number of hydrogen-bond acceptors (Lipinski definition) is 6. The van der Waals surface area contributed by atoms with Crippen molar-refractivity contribution in [3.63, 3.8) is 0 Å². The van der Waals surface area contributed by atoms with Crippen molar-refractivity contribution in [1.82, 2.24) is 10.3 Å². The van der Waals surface area contributed by atoms with Crippen LogP contribution in [0.1, 0.15) is 16.3 Å². The Bertz CT molecular complexity index is 784. The molecule has 5 nitrogen and oxygen atoms in total. The van der Waals surface area contributed by atoms with Crippen molar-refractivity contribution in [3.05, 3.63) is 52.0 Å². The number of para-hydroxylation sites is 1. The molecule has 0 radical (unpaired) electrons. The second-order valence-corrected chi connectivity index (χ2v) is 7.19. The van der Waals surface area contributed by atoms with E-state index in [4.69, 9.17) is 4.74 Å². The zero-order valence-electron chi connectivity index (χ0n) is 13.2. The van der Waals surface area contributed by atoms with Gasteiger partial charge in [0.1, 0.15) is 12.4 Å². The van der Waals surface area contributed by atoms with Gasteiger partial charge < -0.3 is 10.1 Å². The van der Waals surface area contributed by atoms with Gasteiger partial charge in [0.05, 0.1) is 17.2 Å². The zero-order chi connectivity index (χ0) is 16.8. The van der Waals surface area contributed by atoms with Crippen LogP contribution < -0.4 is 10.1 Å². The molecule has 1 aromatic carbocycles. The summed E-state index contributed by atoms with van der Waals surface area (Å²) in [5, 5.41) is 6.46. The molecule has 24 heavy (non-hydrogen) atoms. The number of carbonyl (C=O) groups excluding carboxylic acids is 1. The first-order valence-electron chi connectivity index (χ1n) is 7.50. The van der Waals surface area contributed by atoms with Gasteiger partial charge in [0.2, 0.25) is 5.91 Å². The number of ether oxygens (including phenoxy) is 1. The molecule has 1 aromatic heterocycles. The van der Waals surface area contributed by atoms with E-state index in [2.05, 4.69) is 15.3 Å². The number of aryl methyl sites for hydroxylation is 1. The molecule has 1 N–H and O–H groups in total. The maximum atomic E-state index is 11.9. The van der Waals surface area contributed by atoms with Crippen LogP contribution in [-0.4, -0.2) is 28.4 Å². The summed E-state index contributed by atoms with van der Waals surface area (Å²) in [5.74, 6) is 1.46. The van der Waals surface area contributed by atoms with Gasteiger partial charge >= 0.3 is 0 Å². The van der Waals surface area contributed by atoms with Crippen LogP contribution in [-0.2, 0) is 11.4 Å². The largest absolute Gasteiger partial charge is 0.487 e. The third-order valence-corrected chi connectivity index (χ3v) is 4.90. The molecule has 1 aliphatic rings. The van der Waals surface area contributed by atoms with E-state index in [1.807, 2.05) is 36.6 Å². The summed E-state index contributed by atoms with van der Waals surface area (Å²) in [4.78, 5) is 20.5. The van der Waals surface area contributed by atoms with Gasteiger partial charge in [-0.1, -0.05) is 30.0 Å². The predicted molar refractivity (Wildman–Crippen MR) is 99.6 cm³/mol. The van der Waals surface area contributed by atoms with Crippen LogP contribution in [0.3, 0.4) is 0 Å². The topological polar surface area (TPSA) is 63.6 Å². The number of aromatic nitrogens is 1. The van der Waals surface area contributed by atoms with Gasteiger partial charge in [0, 0.05) is 22.8 Å². The molecule has 0 saturated carbocycles. The molecule has 1 amide bonds. The normalized spacial score (nSPS) is 14.0. The van der Waals surface area contributed by atoms with Crippen LogP contribution in [0, 0.1) is 6.92 Å². The number of amidine groups is 1. The third-order valence-electron chi connectivity index (χ3n) is 3.19. The van der Waals surface area contributed by atoms with Crippen molar-refractivity contribution in [2.24, 2.45) is 4.99 Å². The predicted octanol–water partition coefficient (Wildman–Crippen LogP) is 3.26. The highest BCUT2D eigenvalue weighted by Crippen LogP contribution is 2.21. The number of benzene rings is 1. The van der Waals surface area contributed by atoms with Crippen molar-refractivity contribution in [2.75, 3.05) is 12.3 Å². The van der Waals surface area contributed by atoms with Crippen molar-refractivity contribution >= 4 is 40.2 Å². The number of hydrogen-bond donors (Lipinski definition) is 1. The summed E-state index contributed by atoms with van der Waals surface area (Å²) in [6.45, 7) is 3.14. The molecular formula is C17H17N3O2S2. The molecule has 7 heteroatoms. The molecule has 0 spiro atoms. The Morgan fingerprint density at radius 1 is 1.42 bits per heavy atom. The lowest BCUT2D eigenvalue weighted by molar-refractivity contribution is -0.115. The van der Waals surface area contributed by atoms with E-state index in [1.54, 1.807) is 29.2 Å². The van der Waals surface area contributed by atoms with Gasteiger partial charge in [-0.2, -0.15) is 0 Å². The lowest BCUT2D eigenvalue weighted by Gasteiger charge is -2.07. The summed E-state index contributed by atoms with van der Waals surface area (Å²) in [7, 11) is 0. The van der Waals surface area contributed by atoms with Crippen molar-refractivity contribution in [3.8, 4) is 5.75 Å². The highest BCUT2D eigenvalue weighted by molar-refractivity contribution is 8.14. The van der Waals surface area contributed by atoms with Gasteiger partial charge in [0.15, 0.2) is 5.17 Å². The molecule has 0 unspecified atom stereocenters. The number of carbonyl (C=O) groups is 1. The van der Waals surface area contributed by atoms with Gasteiger partial charge in [-0.3, -0.25) is 9.79 Å². The third kappa shape index (κ3) is 4.69. The molecule has 2 heterocycles. The summed E-state index contributed by atoms with van der Waals surface area (Å²) in [6.07, 6.45) is 3.24. The average Bonchev–Trinajstić information content (AvgIpc) is 3.23. The van der Waals surface area contributed by atoms with E-state index < -0.39 is 0 Å². The zero-order valence-corrected chi connectivity index (χ0v) is 14.8. The summed E-state index contributed by atoms with van der Waals surface area (Å²) >= 11 is 3.16. The Balaban J connectivity index is 1.62. The minimum absolute atomic E-state index is 0.187. The second-order valence-electron chi connectivity index (χ2n) is 5.04. The number of thioether (sulfide) groups is 1. The summed E-state index contributed by atoms with van der Waals surface area (Å²) in [5.41, 5.74) is 1.76. The minimum Gasteiger partial charge on any atom is -0.487 e. The number of aliphatic imine (C=N–C) groups is 1. The molecule has 2 aromatic rings. The van der Waals surface area contributed by atoms with Crippen molar-refractivity contribution in [2.45, 2.75) is 13.5 Å². The van der Waals surface area contributed by atoms with E-state index in [9.17, 15) is 4.79 Å². The van der Waals surface area contributed by atoms with Crippen LogP contribution in [0.2, 0.25) is 0 Å². The highest BCUT2D eigenvalue weighted by atomic mass is 32.2. The Morgan fingerprint density at radius 3 is 3.04 bits per heavy atom. The molecule has 124 valence electrons. The lowest BCUT2D eigenvalue weighted by Crippen LogP contribution is -2.25. The number of amides is 1. The quantitative estimate of drug-likeness (QED) is 0.832. The molecule has 0 fully saturated rings.